The molecule has 5 rings (SSSR count). The number of aromatic nitrogens is 3. The number of rotatable bonds is 5. The molecule has 37 heavy (non-hydrogen) atoms. The second kappa shape index (κ2) is 9.39. The third-order valence-electron chi connectivity index (χ3n) is 5.80. The summed E-state index contributed by atoms with van der Waals surface area (Å²) in [5.41, 5.74) is -1.65. The van der Waals surface area contributed by atoms with Gasteiger partial charge in [0.25, 0.3) is 0 Å². The van der Waals surface area contributed by atoms with Crippen LogP contribution in [0, 0.1) is 5.82 Å². The first-order valence-electron chi connectivity index (χ1n) is 10.8. The van der Waals surface area contributed by atoms with Crippen LogP contribution in [0.4, 0.5) is 19.0 Å². The van der Waals surface area contributed by atoms with Gasteiger partial charge in [-0.25, -0.2) is 0 Å². The van der Waals surface area contributed by atoms with Crippen molar-refractivity contribution in [1.82, 2.24) is 13.1 Å². The van der Waals surface area contributed by atoms with Crippen LogP contribution in [0.2, 0.25) is 0 Å². The van der Waals surface area contributed by atoms with Gasteiger partial charge in [0, 0.05) is 0 Å². The van der Waals surface area contributed by atoms with Crippen molar-refractivity contribution in [1.29, 1.82) is 0 Å². The second-order valence-electron chi connectivity index (χ2n) is 8.14. The molecule has 10 nitrogen and oxygen atoms in total. The van der Waals surface area contributed by atoms with Gasteiger partial charge in [0.05, 0.1) is 6.61 Å². The van der Waals surface area contributed by atoms with Gasteiger partial charge in [0.1, 0.15) is 6.10 Å². The van der Waals surface area contributed by atoms with Gasteiger partial charge in [-0.3, -0.25) is 0 Å². The fourth-order valence-corrected chi connectivity index (χ4v) is 6.00. The molecule has 1 amide bonds. The van der Waals surface area contributed by atoms with Crippen molar-refractivity contribution in [3.63, 3.8) is 0 Å². The standard InChI is InChI=1S/C23H17F3N4O6Se/c24-14-6-5-11(30-20(34)12-3-1-2-4-16(12)37-30)9-13(14)19(33)27-17-7-8-29(22(35)28-17)21-23(25,26)18(32)15(10-31)36-21/h1-9,15,18,21,31-32H,10H2,(H,27,28,33,35). The number of benzene rings is 2. The molecule has 14 heteroatoms. The molecule has 2 aromatic carbocycles. The van der Waals surface area contributed by atoms with Gasteiger partial charge in [-0.15, -0.1) is 0 Å². The number of halogens is 3. The Bertz CT molecular complexity index is 1630. The number of aliphatic hydroxyl groups excluding tert-OH is 2. The molecule has 3 atom stereocenters. The van der Waals surface area contributed by atoms with E-state index in [1.807, 2.05) is 6.07 Å². The molecule has 0 bridgehead atoms. The number of alkyl halides is 2. The summed E-state index contributed by atoms with van der Waals surface area (Å²) < 4.78 is 50.8. The van der Waals surface area contributed by atoms with E-state index in [1.54, 1.807) is 18.2 Å². The monoisotopic (exact) mass is 582 g/mol. The number of nitrogens with one attached hydrogen (secondary N) is 1. The van der Waals surface area contributed by atoms with Crippen LogP contribution in [-0.2, 0) is 4.74 Å². The first kappa shape index (κ1) is 25.1. The summed E-state index contributed by atoms with van der Waals surface area (Å²) >= 11 is -0.418. The van der Waals surface area contributed by atoms with E-state index in [4.69, 9.17) is 9.84 Å². The molecule has 0 radical (unpaired) electrons. The number of carbonyl (C=O) groups is 1. The predicted octanol–water partition coefficient (Wildman–Crippen LogP) is 0.882. The van der Waals surface area contributed by atoms with Gasteiger partial charge in [0.15, 0.2) is 6.10 Å². The predicted molar refractivity (Wildman–Crippen MR) is 125 cm³/mol. The Morgan fingerprint density at radius 2 is 1.95 bits per heavy atom. The van der Waals surface area contributed by atoms with Crippen LogP contribution in [-0.4, -0.2) is 68.7 Å². The number of ether oxygens (including phenoxy) is 1. The fourth-order valence-electron chi connectivity index (χ4n) is 3.92. The zero-order chi connectivity index (χ0) is 26.5. The van der Waals surface area contributed by atoms with Crippen LogP contribution in [0.3, 0.4) is 0 Å². The number of carbonyl (C=O) groups excluding carboxylic acids is 1. The van der Waals surface area contributed by atoms with E-state index in [0.717, 1.165) is 22.6 Å². The maximum atomic E-state index is 14.5. The molecule has 2 aromatic heterocycles. The van der Waals surface area contributed by atoms with Crippen molar-refractivity contribution in [2.75, 3.05) is 11.9 Å². The molecule has 3 N–H and O–H groups in total. The Kier molecular flexibility index (Phi) is 6.38. The summed E-state index contributed by atoms with van der Waals surface area (Å²) in [5, 5.41) is 21.5. The van der Waals surface area contributed by atoms with Crippen molar-refractivity contribution in [3.8, 4) is 5.69 Å². The van der Waals surface area contributed by atoms with Gasteiger partial charge in [-0.05, 0) is 0 Å². The van der Waals surface area contributed by atoms with E-state index in [2.05, 4.69) is 10.3 Å². The van der Waals surface area contributed by atoms with E-state index in [1.165, 1.54) is 15.7 Å². The molecule has 1 aliphatic rings. The van der Waals surface area contributed by atoms with Crippen LogP contribution >= 0.6 is 0 Å². The molecule has 192 valence electrons. The number of hydrogen-bond donors (Lipinski definition) is 3. The summed E-state index contributed by atoms with van der Waals surface area (Å²) in [4.78, 5) is 41.5. The van der Waals surface area contributed by atoms with E-state index >= 15 is 0 Å². The van der Waals surface area contributed by atoms with Crippen LogP contribution in [0.15, 0.2) is 64.3 Å². The van der Waals surface area contributed by atoms with Gasteiger partial charge >= 0.3 is 173 Å². The average molecular weight is 581 g/mol. The van der Waals surface area contributed by atoms with E-state index in [0.29, 0.717) is 15.6 Å². The number of fused-ring (bicyclic) bond motifs is 1. The zero-order valence-corrected chi connectivity index (χ0v) is 20.3. The summed E-state index contributed by atoms with van der Waals surface area (Å²) in [6.45, 7) is -0.898. The molecule has 1 fully saturated rings. The van der Waals surface area contributed by atoms with E-state index in [-0.39, 0.29) is 11.4 Å². The Morgan fingerprint density at radius 1 is 1.19 bits per heavy atom. The molecule has 3 unspecified atom stereocenters. The number of hydrogen-bond acceptors (Lipinski definition) is 7. The van der Waals surface area contributed by atoms with Crippen LogP contribution in [0.5, 0.6) is 0 Å². The third kappa shape index (κ3) is 4.32. The topological polar surface area (TPSA) is 136 Å². The SMILES string of the molecule is O=C(Nc1ccn(C2OC(CO)C(O)C2(F)F)c(=O)n1)c1cc(-n2[se]c3ccccc3c2=O)ccc1F. The Balaban J connectivity index is 1.41. The van der Waals surface area contributed by atoms with Gasteiger partial charge in [-0.2, -0.15) is 8.78 Å². The summed E-state index contributed by atoms with van der Waals surface area (Å²) in [6.07, 6.45) is -5.33. The Hall–Kier alpha value is -3.55. The molecule has 4 aromatic rings. The number of aliphatic hydroxyl groups is 2. The van der Waals surface area contributed by atoms with Gasteiger partial charge in [0.2, 0.25) is 0 Å². The summed E-state index contributed by atoms with van der Waals surface area (Å²) in [7, 11) is 0. The van der Waals surface area contributed by atoms with Crippen LogP contribution in [0.25, 0.3) is 15.3 Å². The number of amides is 1. The van der Waals surface area contributed by atoms with Crippen molar-refractivity contribution < 1.29 is 32.9 Å². The van der Waals surface area contributed by atoms with E-state index in [9.17, 15) is 32.7 Å². The molecule has 1 aliphatic heterocycles. The first-order chi connectivity index (χ1) is 17.6. The van der Waals surface area contributed by atoms with Gasteiger partial charge in [-0.1, -0.05) is 0 Å². The minimum atomic E-state index is -3.90. The summed E-state index contributed by atoms with van der Waals surface area (Å²) in [6, 6.07) is 11.6. The molecule has 3 heterocycles. The fraction of sp³-hybridized carbons (Fsp3) is 0.217. The van der Waals surface area contributed by atoms with Crippen LogP contribution in [0.1, 0.15) is 16.6 Å². The molecule has 0 spiro atoms. The van der Waals surface area contributed by atoms with Crippen molar-refractivity contribution in [2.45, 2.75) is 24.4 Å². The van der Waals surface area contributed by atoms with Crippen molar-refractivity contribution in [3.05, 3.63) is 86.9 Å². The van der Waals surface area contributed by atoms with Crippen LogP contribution < -0.4 is 16.6 Å². The maximum absolute atomic E-state index is 14.5. The molecule has 0 aliphatic carbocycles. The van der Waals surface area contributed by atoms with Crippen molar-refractivity contribution in [2.24, 2.45) is 0 Å². The first-order valence-corrected chi connectivity index (χ1v) is 12.4. The molecule has 0 saturated carbocycles. The van der Waals surface area contributed by atoms with Crippen molar-refractivity contribution >= 4 is 36.1 Å². The number of anilines is 1. The zero-order valence-electron chi connectivity index (χ0n) is 18.5. The number of nitrogens with zero attached hydrogens (tertiary/aromatic N) is 3. The molecular formula is C23H17F3N4O6Se. The Morgan fingerprint density at radius 3 is 2.62 bits per heavy atom. The van der Waals surface area contributed by atoms with Gasteiger partial charge < -0.3 is 10.2 Å². The minimum absolute atomic E-state index is 0.279. The Labute approximate surface area is 211 Å². The molecular weight excluding hydrogens is 564 g/mol. The quantitative estimate of drug-likeness (QED) is 0.298. The second-order valence-corrected chi connectivity index (χ2v) is 10.2. The third-order valence-corrected chi connectivity index (χ3v) is 8.14. The molecule has 1 saturated heterocycles. The normalized spacial score (nSPS) is 20.8. The summed E-state index contributed by atoms with van der Waals surface area (Å²) in [5.74, 6) is -6.14. The average Bonchev–Trinajstić information content (AvgIpc) is 3.32. The van der Waals surface area contributed by atoms with E-state index < -0.39 is 68.7 Å².